The van der Waals surface area contributed by atoms with Gasteiger partial charge in [-0.3, -0.25) is 4.90 Å². The molecule has 0 bridgehead atoms. The van der Waals surface area contributed by atoms with Crippen molar-refractivity contribution >= 4 is 0 Å². The molecule has 0 radical (unpaired) electrons. The Labute approximate surface area is 113 Å². The molecule has 1 fully saturated rings. The molecule has 0 aromatic heterocycles. The van der Waals surface area contributed by atoms with Crippen LogP contribution in [0.3, 0.4) is 0 Å². The molecule has 1 aliphatic rings. The summed E-state index contributed by atoms with van der Waals surface area (Å²) in [6.07, 6.45) is 2.62. The van der Waals surface area contributed by atoms with Crippen LogP contribution in [0.2, 0.25) is 0 Å². The van der Waals surface area contributed by atoms with Crippen molar-refractivity contribution in [2.45, 2.75) is 44.9 Å². The molecule has 0 aliphatic carbocycles. The minimum absolute atomic E-state index is 0.312. The van der Waals surface area contributed by atoms with Crippen molar-refractivity contribution in [2.24, 2.45) is 0 Å². The monoisotopic (exact) mass is 262 g/mol. The Morgan fingerprint density at radius 2 is 2.32 bits per heavy atom. The highest BCUT2D eigenvalue weighted by Crippen LogP contribution is 2.24. The SMILES string of the molecule is CC(O)CC1CCCN1Cc1cc(F)cc(C#N)c1. The van der Waals surface area contributed by atoms with E-state index in [1.165, 1.54) is 12.1 Å². The van der Waals surface area contributed by atoms with Crippen molar-refractivity contribution in [3.8, 4) is 6.07 Å². The molecule has 2 unspecified atom stereocenters. The molecule has 1 aromatic rings. The van der Waals surface area contributed by atoms with Gasteiger partial charge in [-0.15, -0.1) is 0 Å². The number of nitrogens with zero attached hydrogens (tertiary/aromatic N) is 2. The van der Waals surface area contributed by atoms with Gasteiger partial charge < -0.3 is 5.11 Å². The number of nitriles is 1. The van der Waals surface area contributed by atoms with E-state index in [-0.39, 0.29) is 11.9 Å². The van der Waals surface area contributed by atoms with Crippen LogP contribution in [0.1, 0.15) is 37.3 Å². The Bertz CT molecular complexity index is 482. The molecular weight excluding hydrogens is 243 g/mol. The van der Waals surface area contributed by atoms with E-state index < -0.39 is 0 Å². The molecule has 2 atom stereocenters. The van der Waals surface area contributed by atoms with Crippen LogP contribution in [0.25, 0.3) is 0 Å². The first-order chi connectivity index (χ1) is 9.08. The van der Waals surface area contributed by atoms with E-state index in [2.05, 4.69) is 4.90 Å². The molecule has 19 heavy (non-hydrogen) atoms. The third kappa shape index (κ3) is 3.76. The van der Waals surface area contributed by atoms with Crippen LogP contribution in [0.5, 0.6) is 0 Å². The van der Waals surface area contributed by atoms with Gasteiger partial charge in [0.05, 0.1) is 17.7 Å². The second-order valence-corrected chi connectivity index (χ2v) is 5.31. The highest BCUT2D eigenvalue weighted by Gasteiger charge is 2.25. The molecule has 0 saturated carbocycles. The maximum atomic E-state index is 13.4. The molecule has 0 spiro atoms. The smallest absolute Gasteiger partial charge is 0.124 e. The van der Waals surface area contributed by atoms with Gasteiger partial charge in [-0.05, 0) is 56.5 Å². The summed E-state index contributed by atoms with van der Waals surface area (Å²) < 4.78 is 13.4. The lowest BCUT2D eigenvalue weighted by Gasteiger charge is -2.25. The average Bonchev–Trinajstić information content (AvgIpc) is 2.75. The summed E-state index contributed by atoms with van der Waals surface area (Å²) in [5, 5.41) is 18.3. The molecule has 2 rings (SSSR count). The van der Waals surface area contributed by atoms with E-state index in [4.69, 9.17) is 5.26 Å². The zero-order valence-electron chi connectivity index (χ0n) is 11.1. The normalized spacial score (nSPS) is 21.3. The molecule has 0 amide bonds. The fourth-order valence-electron chi connectivity index (χ4n) is 2.80. The average molecular weight is 262 g/mol. The molecule has 1 saturated heterocycles. The number of benzene rings is 1. The quantitative estimate of drug-likeness (QED) is 0.906. The predicted octanol–water partition coefficient (Wildman–Crippen LogP) is 2.43. The van der Waals surface area contributed by atoms with Gasteiger partial charge in [-0.25, -0.2) is 4.39 Å². The van der Waals surface area contributed by atoms with Crippen LogP contribution in [0, 0.1) is 17.1 Å². The largest absolute Gasteiger partial charge is 0.393 e. The molecule has 3 nitrogen and oxygen atoms in total. The summed E-state index contributed by atoms with van der Waals surface area (Å²) in [4.78, 5) is 2.27. The first-order valence-corrected chi connectivity index (χ1v) is 6.70. The Hall–Kier alpha value is -1.44. The summed E-state index contributed by atoms with van der Waals surface area (Å²) in [6.45, 7) is 3.41. The zero-order valence-corrected chi connectivity index (χ0v) is 11.1. The lowest BCUT2D eigenvalue weighted by molar-refractivity contribution is 0.130. The van der Waals surface area contributed by atoms with Gasteiger partial charge in [0.1, 0.15) is 5.82 Å². The highest BCUT2D eigenvalue weighted by atomic mass is 19.1. The fraction of sp³-hybridized carbons (Fsp3) is 0.533. The second-order valence-electron chi connectivity index (χ2n) is 5.31. The van der Waals surface area contributed by atoms with Gasteiger partial charge in [0.15, 0.2) is 0 Å². The molecule has 1 heterocycles. The summed E-state index contributed by atoms with van der Waals surface area (Å²) in [7, 11) is 0. The van der Waals surface area contributed by atoms with E-state index in [9.17, 15) is 9.50 Å². The summed E-state index contributed by atoms with van der Waals surface area (Å²) in [5.74, 6) is -0.361. The Morgan fingerprint density at radius 3 is 3.00 bits per heavy atom. The highest BCUT2D eigenvalue weighted by molar-refractivity contribution is 5.33. The van der Waals surface area contributed by atoms with Gasteiger partial charge in [-0.2, -0.15) is 5.26 Å². The van der Waals surface area contributed by atoms with Crippen LogP contribution < -0.4 is 0 Å². The van der Waals surface area contributed by atoms with Crippen molar-refractivity contribution < 1.29 is 9.50 Å². The maximum Gasteiger partial charge on any atom is 0.124 e. The Kier molecular flexibility index (Phi) is 4.52. The topological polar surface area (TPSA) is 47.3 Å². The summed E-state index contributed by atoms with van der Waals surface area (Å²) in [6, 6.07) is 6.81. The second kappa shape index (κ2) is 6.14. The van der Waals surface area contributed by atoms with Gasteiger partial charge in [0, 0.05) is 12.6 Å². The molecule has 102 valence electrons. The third-order valence-electron chi connectivity index (χ3n) is 3.58. The van der Waals surface area contributed by atoms with Crippen molar-refractivity contribution in [1.29, 1.82) is 5.26 Å². The standard InChI is InChI=1S/C15H19FN2O/c1-11(19)5-15-3-2-4-18(15)10-13-6-12(9-17)7-14(16)8-13/h6-8,11,15,19H,2-5,10H2,1H3. The maximum absolute atomic E-state index is 13.4. The predicted molar refractivity (Wildman–Crippen MR) is 70.8 cm³/mol. The van der Waals surface area contributed by atoms with E-state index in [1.807, 2.05) is 6.07 Å². The summed E-state index contributed by atoms with van der Waals surface area (Å²) in [5.41, 5.74) is 1.19. The van der Waals surface area contributed by atoms with Crippen molar-refractivity contribution in [3.63, 3.8) is 0 Å². The van der Waals surface area contributed by atoms with Crippen molar-refractivity contribution in [1.82, 2.24) is 4.90 Å². The van der Waals surface area contributed by atoms with Gasteiger partial charge >= 0.3 is 0 Å². The van der Waals surface area contributed by atoms with Gasteiger partial charge in [0.2, 0.25) is 0 Å². The molecule has 1 aliphatic heterocycles. The van der Waals surface area contributed by atoms with Crippen LogP contribution >= 0.6 is 0 Å². The number of aliphatic hydroxyl groups is 1. The van der Waals surface area contributed by atoms with Crippen molar-refractivity contribution in [3.05, 3.63) is 35.1 Å². The number of hydrogen-bond donors (Lipinski definition) is 1. The van der Waals surface area contributed by atoms with Crippen LogP contribution in [0.15, 0.2) is 18.2 Å². The molecular formula is C15H19FN2O. The molecule has 1 aromatic carbocycles. The van der Waals surface area contributed by atoms with Gasteiger partial charge in [-0.1, -0.05) is 0 Å². The lowest BCUT2D eigenvalue weighted by Crippen LogP contribution is -2.31. The molecule has 4 heteroatoms. The van der Waals surface area contributed by atoms with E-state index in [0.717, 1.165) is 31.4 Å². The first-order valence-electron chi connectivity index (χ1n) is 6.70. The van der Waals surface area contributed by atoms with E-state index >= 15 is 0 Å². The zero-order chi connectivity index (χ0) is 13.8. The van der Waals surface area contributed by atoms with Crippen LogP contribution in [-0.4, -0.2) is 28.7 Å². The minimum atomic E-state index is -0.361. The van der Waals surface area contributed by atoms with Crippen LogP contribution in [0.4, 0.5) is 4.39 Å². The summed E-state index contributed by atoms with van der Waals surface area (Å²) >= 11 is 0. The molecule has 1 N–H and O–H groups in total. The van der Waals surface area contributed by atoms with Crippen molar-refractivity contribution in [2.75, 3.05) is 6.54 Å². The van der Waals surface area contributed by atoms with Crippen LogP contribution in [-0.2, 0) is 6.54 Å². The number of halogens is 1. The third-order valence-corrected chi connectivity index (χ3v) is 3.58. The minimum Gasteiger partial charge on any atom is -0.393 e. The fourth-order valence-corrected chi connectivity index (χ4v) is 2.80. The lowest BCUT2D eigenvalue weighted by atomic mass is 10.1. The van der Waals surface area contributed by atoms with Gasteiger partial charge in [0.25, 0.3) is 0 Å². The van der Waals surface area contributed by atoms with E-state index in [1.54, 1.807) is 13.0 Å². The number of aliphatic hydroxyl groups excluding tert-OH is 1. The number of rotatable bonds is 4. The number of likely N-dealkylation sites (tertiary alicyclic amines) is 1. The Balaban J connectivity index is 2.08. The number of hydrogen-bond acceptors (Lipinski definition) is 3. The first kappa shape index (κ1) is 14.0. The van der Waals surface area contributed by atoms with E-state index in [0.29, 0.717) is 18.2 Å². The Morgan fingerprint density at radius 1 is 1.53 bits per heavy atom.